The Hall–Kier alpha value is -1.60. The zero-order valence-electron chi connectivity index (χ0n) is 12.1. The Bertz CT molecular complexity index is 574. The predicted octanol–water partition coefficient (Wildman–Crippen LogP) is 1.07. The van der Waals surface area contributed by atoms with Crippen molar-refractivity contribution in [2.24, 2.45) is 0 Å². The van der Waals surface area contributed by atoms with E-state index in [0.29, 0.717) is 19.4 Å². The molecule has 3 N–H and O–H groups in total. The van der Waals surface area contributed by atoms with Gasteiger partial charge in [-0.2, -0.15) is 0 Å². The highest BCUT2D eigenvalue weighted by Crippen LogP contribution is 2.15. The van der Waals surface area contributed by atoms with Crippen molar-refractivity contribution < 1.29 is 13.2 Å². The molecule has 1 aliphatic rings. The van der Waals surface area contributed by atoms with Crippen LogP contribution in [0.25, 0.3) is 0 Å². The second-order valence-electron chi connectivity index (χ2n) is 5.11. The molecule has 1 aromatic carbocycles. The largest absolute Gasteiger partial charge is 0.385 e. The molecular weight excluding hydrogens is 290 g/mol. The lowest BCUT2D eigenvalue weighted by Crippen LogP contribution is -2.47. The van der Waals surface area contributed by atoms with Gasteiger partial charge in [0, 0.05) is 31.2 Å². The summed E-state index contributed by atoms with van der Waals surface area (Å²) in [6, 6.07) is 6.44. The Kier molecular flexibility index (Phi) is 5.19. The van der Waals surface area contributed by atoms with Crippen molar-refractivity contribution in [1.82, 2.24) is 10.0 Å². The second kappa shape index (κ2) is 6.91. The van der Waals surface area contributed by atoms with Gasteiger partial charge in [0.1, 0.15) is 0 Å². The maximum atomic E-state index is 12.3. The van der Waals surface area contributed by atoms with Gasteiger partial charge in [-0.1, -0.05) is 6.92 Å². The summed E-state index contributed by atoms with van der Waals surface area (Å²) in [7, 11) is -3.54. The summed E-state index contributed by atoms with van der Waals surface area (Å²) < 4.78 is 27.2. The molecule has 1 amide bonds. The van der Waals surface area contributed by atoms with Crippen molar-refractivity contribution in [3.8, 4) is 0 Å². The summed E-state index contributed by atoms with van der Waals surface area (Å²) in [5, 5.41) is 5.86. The number of amides is 1. The van der Waals surface area contributed by atoms with Gasteiger partial charge >= 0.3 is 0 Å². The van der Waals surface area contributed by atoms with E-state index in [1.165, 1.54) is 0 Å². The molecule has 1 saturated heterocycles. The van der Waals surface area contributed by atoms with Gasteiger partial charge in [0.15, 0.2) is 0 Å². The number of sulfonamides is 1. The smallest absolute Gasteiger partial charge is 0.240 e. The summed E-state index contributed by atoms with van der Waals surface area (Å²) in [6.07, 6.45) is 1.89. The fourth-order valence-corrected chi connectivity index (χ4v) is 3.41. The van der Waals surface area contributed by atoms with Crippen molar-refractivity contribution in [3.63, 3.8) is 0 Å². The van der Waals surface area contributed by atoms with E-state index >= 15 is 0 Å². The van der Waals surface area contributed by atoms with Crippen LogP contribution in [0.4, 0.5) is 5.69 Å². The third kappa shape index (κ3) is 4.44. The molecule has 7 heteroatoms. The second-order valence-corrected chi connectivity index (χ2v) is 6.83. The first kappa shape index (κ1) is 15.8. The number of carbonyl (C=O) groups is 1. The fourth-order valence-electron chi connectivity index (χ4n) is 2.14. The highest BCUT2D eigenvalue weighted by molar-refractivity contribution is 7.89. The summed E-state index contributed by atoms with van der Waals surface area (Å²) in [6.45, 7) is 3.26. The molecule has 1 fully saturated rings. The van der Waals surface area contributed by atoms with E-state index in [4.69, 9.17) is 0 Å². The minimum Gasteiger partial charge on any atom is -0.385 e. The van der Waals surface area contributed by atoms with E-state index in [1.807, 2.05) is 0 Å². The zero-order valence-corrected chi connectivity index (χ0v) is 12.9. The first-order valence-corrected chi connectivity index (χ1v) is 8.62. The Labute approximate surface area is 125 Å². The minimum absolute atomic E-state index is 0.0307. The molecule has 116 valence electrons. The first-order valence-electron chi connectivity index (χ1n) is 7.14. The molecule has 21 heavy (non-hydrogen) atoms. The summed E-state index contributed by atoms with van der Waals surface area (Å²) >= 11 is 0. The molecule has 6 nitrogen and oxygen atoms in total. The molecule has 1 aromatic rings. The van der Waals surface area contributed by atoms with Gasteiger partial charge in [0.2, 0.25) is 15.9 Å². The number of hydrogen-bond acceptors (Lipinski definition) is 4. The lowest BCUT2D eigenvalue weighted by Gasteiger charge is -2.23. The van der Waals surface area contributed by atoms with Gasteiger partial charge < -0.3 is 10.6 Å². The maximum absolute atomic E-state index is 12.3. The number of hydrogen-bond donors (Lipinski definition) is 3. The average Bonchev–Trinajstić information content (AvgIpc) is 2.48. The fraction of sp³-hybridized carbons (Fsp3) is 0.500. The number of nitrogens with one attached hydrogen (secondary N) is 3. The van der Waals surface area contributed by atoms with Gasteiger partial charge in [0.25, 0.3) is 0 Å². The minimum atomic E-state index is -3.54. The number of rotatable bonds is 6. The number of carbonyl (C=O) groups excluding carboxylic acids is 1. The van der Waals surface area contributed by atoms with Crippen molar-refractivity contribution >= 4 is 21.6 Å². The van der Waals surface area contributed by atoms with Crippen LogP contribution in [-0.2, 0) is 14.8 Å². The number of anilines is 1. The highest BCUT2D eigenvalue weighted by Gasteiger charge is 2.24. The van der Waals surface area contributed by atoms with Gasteiger partial charge in [-0.05, 0) is 37.1 Å². The van der Waals surface area contributed by atoms with E-state index < -0.39 is 10.0 Å². The SMILES string of the molecule is CCCNc1ccc(S(=O)(=O)NC2CCC(=O)NC2)cc1. The van der Waals surface area contributed by atoms with Crippen molar-refractivity contribution in [3.05, 3.63) is 24.3 Å². The average molecular weight is 311 g/mol. The highest BCUT2D eigenvalue weighted by atomic mass is 32.2. The van der Waals surface area contributed by atoms with E-state index in [0.717, 1.165) is 18.7 Å². The van der Waals surface area contributed by atoms with E-state index in [9.17, 15) is 13.2 Å². The van der Waals surface area contributed by atoms with Gasteiger partial charge in [-0.15, -0.1) is 0 Å². The molecule has 0 aromatic heterocycles. The first-order chi connectivity index (χ1) is 10.0. The quantitative estimate of drug-likeness (QED) is 0.733. The zero-order chi connectivity index (χ0) is 15.3. The van der Waals surface area contributed by atoms with Crippen LogP contribution in [-0.4, -0.2) is 33.5 Å². The molecule has 0 radical (unpaired) electrons. The lowest BCUT2D eigenvalue weighted by atomic mass is 10.1. The molecule has 0 aliphatic carbocycles. The Balaban J connectivity index is 2.00. The molecule has 1 heterocycles. The lowest BCUT2D eigenvalue weighted by molar-refractivity contribution is -0.122. The van der Waals surface area contributed by atoms with E-state index in [1.54, 1.807) is 24.3 Å². The Morgan fingerprint density at radius 3 is 2.57 bits per heavy atom. The third-order valence-corrected chi connectivity index (χ3v) is 4.87. The molecule has 1 aliphatic heterocycles. The predicted molar refractivity (Wildman–Crippen MR) is 81.6 cm³/mol. The molecule has 1 atom stereocenters. The van der Waals surface area contributed by atoms with Crippen LogP contribution in [0.2, 0.25) is 0 Å². The van der Waals surface area contributed by atoms with Crippen molar-refractivity contribution in [1.29, 1.82) is 0 Å². The number of piperidine rings is 1. The monoisotopic (exact) mass is 311 g/mol. The summed E-state index contributed by atoms with van der Waals surface area (Å²) in [4.78, 5) is 11.3. The Morgan fingerprint density at radius 2 is 2.00 bits per heavy atom. The van der Waals surface area contributed by atoms with Crippen LogP contribution < -0.4 is 15.4 Å². The van der Waals surface area contributed by atoms with Gasteiger partial charge in [0.05, 0.1) is 4.90 Å². The van der Waals surface area contributed by atoms with Gasteiger partial charge in [-0.25, -0.2) is 13.1 Å². The van der Waals surface area contributed by atoms with Crippen LogP contribution in [0.5, 0.6) is 0 Å². The third-order valence-electron chi connectivity index (χ3n) is 3.33. The molecule has 2 rings (SSSR count). The van der Waals surface area contributed by atoms with Crippen molar-refractivity contribution in [2.45, 2.75) is 37.1 Å². The van der Waals surface area contributed by atoms with Crippen LogP contribution in [0.15, 0.2) is 29.2 Å². The van der Waals surface area contributed by atoms with Crippen molar-refractivity contribution in [2.75, 3.05) is 18.4 Å². The molecule has 0 spiro atoms. The molecule has 0 saturated carbocycles. The van der Waals surface area contributed by atoms with Crippen LogP contribution in [0, 0.1) is 0 Å². The Morgan fingerprint density at radius 1 is 1.29 bits per heavy atom. The summed E-state index contributed by atoms with van der Waals surface area (Å²) in [5.74, 6) is -0.0307. The van der Waals surface area contributed by atoms with Crippen LogP contribution in [0.1, 0.15) is 26.2 Å². The van der Waals surface area contributed by atoms with E-state index in [-0.39, 0.29) is 16.8 Å². The number of benzene rings is 1. The standard InChI is InChI=1S/C14H21N3O3S/c1-2-9-15-11-3-6-13(7-4-11)21(19,20)17-12-5-8-14(18)16-10-12/h3-4,6-7,12,15,17H,2,5,8-10H2,1H3,(H,16,18). The van der Waals surface area contributed by atoms with Gasteiger partial charge in [-0.3, -0.25) is 4.79 Å². The maximum Gasteiger partial charge on any atom is 0.240 e. The summed E-state index contributed by atoms with van der Waals surface area (Å²) in [5.41, 5.74) is 0.903. The van der Waals surface area contributed by atoms with E-state index in [2.05, 4.69) is 22.3 Å². The molecule has 1 unspecified atom stereocenters. The van der Waals surface area contributed by atoms with Crippen LogP contribution in [0.3, 0.4) is 0 Å². The normalized spacial score (nSPS) is 19.1. The topological polar surface area (TPSA) is 87.3 Å². The molecular formula is C14H21N3O3S. The van der Waals surface area contributed by atoms with Crippen LogP contribution >= 0.6 is 0 Å². The molecule has 0 bridgehead atoms.